The van der Waals surface area contributed by atoms with Gasteiger partial charge in [0.15, 0.2) is 0 Å². The van der Waals surface area contributed by atoms with E-state index in [1.165, 1.54) is 19.4 Å². The van der Waals surface area contributed by atoms with Crippen LogP contribution in [0.2, 0.25) is 0 Å². The second kappa shape index (κ2) is 6.87. The molecule has 0 radical (unpaired) electrons. The number of carbonyl (C=O) groups is 1. The van der Waals surface area contributed by atoms with Crippen molar-refractivity contribution in [1.82, 2.24) is 15.1 Å². The molecule has 1 amide bonds. The van der Waals surface area contributed by atoms with E-state index >= 15 is 0 Å². The molecule has 1 heterocycles. The Kier molecular flexibility index (Phi) is 5.41. The number of amides is 1. The third-order valence-corrected chi connectivity index (χ3v) is 4.53. The molecule has 0 aromatic rings. The van der Waals surface area contributed by atoms with E-state index in [2.05, 4.69) is 22.0 Å². The van der Waals surface area contributed by atoms with E-state index in [1.54, 1.807) is 0 Å². The van der Waals surface area contributed by atoms with E-state index in [9.17, 15) is 4.79 Å². The van der Waals surface area contributed by atoms with Crippen molar-refractivity contribution in [3.05, 3.63) is 0 Å². The van der Waals surface area contributed by atoms with Crippen LogP contribution in [0.3, 0.4) is 0 Å². The van der Waals surface area contributed by atoms with Gasteiger partial charge < -0.3 is 16.0 Å². The fourth-order valence-corrected chi connectivity index (χ4v) is 2.86. The molecule has 5 nitrogen and oxygen atoms in total. The minimum Gasteiger partial charge on any atom is -0.368 e. The number of rotatable bonds is 8. The van der Waals surface area contributed by atoms with Crippen LogP contribution in [-0.2, 0) is 4.79 Å². The second-order valence-electron chi connectivity index (χ2n) is 6.64. The lowest BCUT2D eigenvalue weighted by Gasteiger charge is -2.39. The van der Waals surface area contributed by atoms with Crippen LogP contribution in [0, 0.1) is 5.92 Å². The summed E-state index contributed by atoms with van der Waals surface area (Å²) >= 11 is 0. The number of hydrogen-bond acceptors (Lipinski definition) is 4. The van der Waals surface area contributed by atoms with Gasteiger partial charge in [-0.2, -0.15) is 0 Å². The quantitative estimate of drug-likeness (QED) is 0.670. The van der Waals surface area contributed by atoms with Crippen molar-refractivity contribution in [2.45, 2.75) is 38.6 Å². The monoisotopic (exact) mass is 282 g/mol. The lowest BCUT2D eigenvalue weighted by Crippen LogP contribution is -2.61. The molecule has 0 aromatic carbocycles. The van der Waals surface area contributed by atoms with Crippen LogP contribution in [0.5, 0.6) is 0 Å². The van der Waals surface area contributed by atoms with Crippen molar-refractivity contribution < 1.29 is 4.79 Å². The lowest BCUT2D eigenvalue weighted by molar-refractivity contribution is -0.124. The summed E-state index contributed by atoms with van der Waals surface area (Å²) in [6.45, 7) is 11.2. The normalized spacial score (nSPS) is 24.5. The van der Waals surface area contributed by atoms with Gasteiger partial charge in [-0.3, -0.25) is 9.69 Å². The van der Waals surface area contributed by atoms with Gasteiger partial charge in [-0.05, 0) is 38.6 Å². The van der Waals surface area contributed by atoms with Crippen LogP contribution < -0.4 is 11.1 Å². The minimum absolute atomic E-state index is 0.244. The van der Waals surface area contributed by atoms with Gasteiger partial charge in [0.2, 0.25) is 5.91 Å². The molecule has 3 N–H and O–H groups in total. The topological polar surface area (TPSA) is 61.6 Å². The first-order valence-corrected chi connectivity index (χ1v) is 8.03. The molecule has 1 aliphatic heterocycles. The average molecular weight is 282 g/mol. The number of nitrogens with zero attached hydrogens (tertiary/aromatic N) is 2. The van der Waals surface area contributed by atoms with E-state index in [0.29, 0.717) is 0 Å². The third-order valence-electron chi connectivity index (χ3n) is 4.53. The summed E-state index contributed by atoms with van der Waals surface area (Å²) in [5.41, 5.74) is 4.99. The summed E-state index contributed by atoms with van der Waals surface area (Å²) in [6.07, 6.45) is 3.85. The Morgan fingerprint density at radius 3 is 2.35 bits per heavy atom. The van der Waals surface area contributed by atoms with Crippen molar-refractivity contribution in [3.63, 3.8) is 0 Å². The molecule has 2 fully saturated rings. The van der Waals surface area contributed by atoms with Crippen LogP contribution in [0.25, 0.3) is 0 Å². The molecule has 1 atom stereocenters. The molecule has 5 heteroatoms. The Balaban J connectivity index is 1.77. The molecule has 0 spiro atoms. The zero-order chi connectivity index (χ0) is 14.6. The highest BCUT2D eigenvalue weighted by Crippen LogP contribution is 2.29. The van der Waals surface area contributed by atoms with Crippen LogP contribution in [0.4, 0.5) is 0 Å². The zero-order valence-electron chi connectivity index (χ0n) is 13.0. The van der Waals surface area contributed by atoms with Gasteiger partial charge in [0.05, 0.1) is 0 Å². The summed E-state index contributed by atoms with van der Waals surface area (Å²) in [6, 6.07) is 0. The maximum absolute atomic E-state index is 11.7. The molecular formula is C15H30N4O. The molecule has 2 aliphatic rings. The SMILES string of the molecule is CCCNC(C)(CN1CCN(CC2CC2)CC1)C(N)=O. The first-order chi connectivity index (χ1) is 9.53. The largest absolute Gasteiger partial charge is 0.368 e. The average Bonchev–Trinajstić information content (AvgIpc) is 3.22. The molecule has 1 saturated heterocycles. The molecule has 0 aromatic heterocycles. The Morgan fingerprint density at radius 2 is 1.85 bits per heavy atom. The molecule has 0 bridgehead atoms. The molecule has 2 rings (SSSR count). The van der Waals surface area contributed by atoms with Crippen LogP contribution in [0.1, 0.15) is 33.1 Å². The van der Waals surface area contributed by atoms with Gasteiger partial charge in [0.25, 0.3) is 0 Å². The van der Waals surface area contributed by atoms with Crippen LogP contribution in [0.15, 0.2) is 0 Å². The first kappa shape index (κ1) is 15.7. The molecule has 1 saturated carbocycles. The van der Waals surface area contributed by atoms with Gasteiger partial charge in [0, 0.05) is 39.3 Å². The number of nitrogens with two attached hydrogens (primary N) is 1. The summed E-state index contributed by atoms with van der Waals surface area (Å²) < 4.78 is 0. The predicted octanol–water partition coefficient (Wildman–Crippen LogP) is 0.258. The Morgan fingerprint density at radius 1 is 1.25 bits per heavy atom. The van der Waals surface area contributed by atoms with E-state index in [-0.39, 0.29) is 5.91 Å². The van der Waals surface area contributed by atoms with Gasteiger partial charge in [-0.1, -0.05) is 6.92 Å². The highest BCUT2D eigenvalue weighted by molar-refractivity contribution is 5.84. The van der Waals surface area contributed by atoms with E-state index in [4.69, 9.17) is 5.73 Å². The van der Waals surface area contributed by atoms with Gasteiger partial charge in [0.1, 0.15) is 5.54 Å². The summed E-state index contributed by atoms with van der Waals surface area (Å²) in [4.78, 5) is 16.7. The van der Waals surface area contributed by atoms with E-state index in [1.807, 2.05) is 6.92 Å². The number of primary amides is 1. The lowest BCUT2D eigenvalue weighted by atomic mass is 10.00. The molecular weight excluding hydrogens is 252 g/mol. The summed E-state index contributed by atoms with van der Waals surface area (Å²) in [5, 5.41) is 3.32. The standard InChI is InChI=1S/C15H30N4O/c1-3-6-17-15(2,14(16)20)12-19-9-7-18(8-10-19)11-13-4-5-13/h13,17H,3-12H2,1-2H3,(H2,16,20). The van der Waals surface area contributed by atoms with Gasteiger partial charge in [-0.25, -0.2) is 0 Å². The molecule has 1 unspecified atom stereocenters. The fourth-order valence-electron chi connectivity index (χ4n) is 2.86. The van der Waals surface area contributed by atoms with E-state index in [0.717, 1.165) is 51.6 Å². The molecule has 20 heavy (non-hydrogen) atoms. The van der Waals surface area contributed by atoms with Crippen molar-refractivity contribution in [2.24, 2.45) is 11.7 Å². The highest BCUT2D eigenvalue weighted by Gasteiger charge is 2.34. The van der Waals surface area contributed by atoms with Crippen LogP contribution >= 0.6 is 0 Å². The summed E-state index contributed by atoms with van der Waals surface area (Å²) in [7, 11) is 0. The Labute approximate surface area is 122 Å². The van der Waals surface area contributed by atoms with Gasteiger partial charge >= 0.3 is 0 Å². The number of carbonyl (C=O) groups excluding carboxylic acids is 1. The number of piperazine rings is 1. The fraction of sp³-hybridized carbons (Fsp3) is 0.933. The Bertz CT molecular complexity index is 324. The van der Waals surface area contributed by atoms with E-state index < -0.39 is 5.54 Å². The summed E-state index contributed by atoms with van der Waals surface area (Å²) in [5.74, 6) is 0.718. The zero-order valence-corrected chi connectivity index (χ0v) is 13.0. The van der Waals surface area contributed by atoms with Crippen molar-refractivity contribution in [3.8, 4) is 0 Å². The van der Waals surface area contributed by atoms with Crippen LogP contribution in [-0.4, -0.2) is 67.1 Å². The maximum Gasteiger partial charge on any atom is 0.238 e. The number of hydrogen-bond donors (Lipinski definition) is 2. The number of nitrogens with one attached hydrogen (secondary N) is 1. The molecule has 116 valence electrons. The Hall–Kier alpha value is -0.650. The maximum atomic E-state index is 11.7. The second-order valence-corrected chi connectivity index (χ2v) is 6.64. The highest BCUT2D eigenvalue weighted by atomic mass is 16.1. The van der Waals surface area contributed by atoms with Gasteiger partial charge in [-0.15, -0.1) is 0 Å². The van der Waals surface area contributed by atoms with Crippen molar-refractivity contribution in [2.75, 3.05) is 45.8 Å². The third kappa shape index (κ3) is 4.43. The van der Waals surface area contributed by atoms with Crippen molar-refractivity contribution >= 4 is 5.91 Å². The predicted molar refractivity (Wildman–Crippen MR) is 81.5 cm³/mol. The van der Waals surface area contributed by atoms with Crippen molar-refractivity contribution in [1.29, 1.82) is 0 Å². The minimum atomic E-state index is -0.603. The first-order valence-electron chi connectivity index (χ1n) is 8.03. The smallest absolute Gasteiger partial charge is 0.238 e. The molecule has 1 aliphatic carbocycles.